The number of nitrogens with zero attached hydrogens (tertiary/aromatic N) is 1. The van der Waals surface area contributed by atoms with Gasteiger partial charge < -0.3 is 15.4 Å². The number of carbonyl (C=O) groups excluding carboxylic acids is 1. The summed E-state index contributed by atoms with van der Waals surface area (Å²) in [6.45, 7) is 2.71. The van der Waals surface area contributed by atoms with Crippen LogP contribution in [0, 0.1) is 6.92 Å². The number of para-hydroxylation sites is 1. The molecule has 1 aliphatic heterocycles. The number of hydrogen-bond acceptors (Lipinski definition) is 3. The summed E-state index contributed by atoms with van der Waals surface area (Å²) in [6, 6.07) is 11.3. The van der Waals surface area contributed by atoms with E-state index < -0.39 is 6.04 Å². The molecule has 4 nitrogen and oxygen atoms in total. The van der Waals surface area contributed by atoms with E-state index in [1.54, 1.807) is 7.11 Å². The second-order valence-electron chi connectivity index (χ2n) is 6.08. The summed E-state index contributed by atoms with van der Waals surface area (Å²) in [7, 11) is 1.64. The summed E-state index contributed by atoms with van der Waals surface area (Å²) in [4.78, 5) is 14.6. The molecular formula is C19H21BrN2O2. The molecule has 0 aliphatic carbocycles. The number of amides is 1. The van der Waals surface area contributed by atoms with E-state index in [9.17, 15) is 4.79 Å². The van der Waals surface area contributed by atoms with Crippen molar-refractivity contribution in [3.8, 4) is 5.75 Å². The third kappa shape index (κ3) is 3.19. The molecule has 3 rings (SSSR count). The van der Waals surface area contributed by atoms with Gasteiger partial charge in [0, 0.05) is 16.7 Å². The van der Waals surface area contributed by atoms with Crippen LogP contribution in [0.3, 0.4) is 0 Å². The van der Waals surface area contributed by atoms with E-state index in [1.165, 1.54) is 5.56 Å². The predicted octanol–water partition coefficient (Wildman–Crippen LogP) is 3.23. The molecule has 2 aromatic carbocycles. The molecule has 1 amide bonds. The van der Waals surface area contributed by atoms with E-state index in [2.05, 4.69) is 22.0 Å². The van der Waals surface area contributed by atoms with Gasteiger partial charge in [-0.05, 0) is 54.7 Å². The van der Waals surface area contributed by atoms with Crippen LogP contribution >= 0.6 is 15.9 Å². The Bertz CT molecular complexity index is 753. The van der Waals surface area contributed by atoms with Crippen LogP contribution in [0.4, 0.5) is 5.69 Å². The highest BCUT2D eigenvalue weighted by Crippen LogP contribution is 2.30. The lowest BCUT2D eigenvalue weighted by molar-refractivity contribution is -0.119. The number of anilines is 1. The highest BCUT2D eigenvalue weighted by atomic mass is 79.9. The van der Waals surface area contributed by atoms with Crippen LogP contribution < -0.4 is 15.4 Å². The molecule has 1 aliphatic rings. The summed E-state index contributed by atoms with van der Waals surface area (Å²) in [5.74, 6) is 0.763. The van der Waals surface area contributed by atoms with Crippen LogP contribution in [-0.4, -0.2) is 25.6 Å². The van der Waals surface area contributed by atoms with Crippen molar-refractivity contribution >= 4 is 27.5 Å². The number of fused-ring (bicyclic) bond motifs is 1. The Kier molecular flexibility index (Phi) is 4.92. The molecule has 1 unspecified atom stereocenters. The van der Waals surface area contributed by atoms with E-state index in [-0.39, 0.29) is 5.91 Å². The van der Waals surface area contributed by atoms with Crippen molar-refractivity contribution in [2.45, 2.75) is 25.8 Å². The third-order valence-corrected chi connectivity index (χ3v) is 5.23. The van der Waals surface area contributed by atoms with E-state index in [4.69, 9.17) is 10.5 Å². The zero-order valence-electron chi connectivity index (χ0n) is 13.9. The normalized spacial score (nSPS) is 14.4. The maximum Gasteiger partial charge on any atom is 0.244 e. The van der Waals surface area contributed by atoms with Crippen molar-refractivity contribution in [3.63, 3.8) is 0 Å². The second kappa shape index (κ2) is 6.95. The Morgan fingerprint density at radius 1 is 1.38 bits per heavy atom. The molecule has 2 N–H and O–H groups in total. The van der Waals surface area contributed by atoms with Gasteiger partial charge in [-0.1, -0.05) is 34.1 Å². The molecule has 0 saturated heterocycles. The smallest absolute Gasteiger partial charge is 0.244 e. The van der Waals surface area contributed by atoms with E-state index in [0.29, 0.717) is 13.0 Å². The monoisotopic (exact) mass is 388 g/mol. The molecular weight excluding hydrogens is 368 g/mol. The van der Waals surface area contributed by atoms with Gasteiger partial charge in [0.25, 0.3) is 0 Å². The Balaban J connectivity index is 1.79. The zero-order valence-corrected chi connectivity index (χ0v) is 15.5. The van der Waals surface area contributed by atoms with Gasteiger partial charge in [-0.2, -0.15) is 0 Å². The summed E-state index contributed by atoms with van der Waals surface area (Å²) < 4.78 is 6.19. The highest BCUT2D eigenvalue weighted by Gasteiger charge is 2.28. The molecule has 0 aromatic heterocycles. The largest absolute Gasteiger partial charge is 0.497 e. The van der Waals surface area contributed by atoms with Gasteiger partial charge in [-0.25, -0.2) is 0 Å². The van der Waals surface area contributed by atoms with Crippen molar-refractivity contribution in [2.75, 3.05) is 18.6 Å². The molecule has 1 atom stereocenters. The first-order valence-corrected chi connectivity index (χ1v) is 8.78. The van der Waals surface area contributed by atoms with Crippen molar-refractivity contribution < 1.29 is 9.53 Å². The van der Waals surface area contributed by atoms with E-state index in [1.807, 2.05) is 42.2 Å². The van der Waals surface area contributed by atoms with Crippen molar-refractivity contribution in [3.05, 3.63) is 57.6 Å². The summed E-state index contributed by atoms with van der Waals surface area (Å²) in [5.41, 5.74) is 10.6. The standard InChI is InChI=1S/C19H21BrN2O2/c1-12-9-14(24-2)10-16(20)15(12)11-17(21)19(23)22-8-7-13-5-3-4-6-18(13)22/h3-6,9-10,17H,7-8,11,21H2,1-2H3. The number of halogens is 1. The fourth-order valence-corrected chi connectivity index (χ4v) is 3.89. The second-order valence-corrected chi connectivity index (χ2v) is 6.94. The van der Waals surface area contributed by atoms with Crippen molar-refractivity contribution in [1.82, 2.24) is 0 Å². The first-order chi connectivity index (χ1) is 11.5. The highest BCUT2D eigenvalue weighted by molar-refractivity contribution is 9.10. The molecule has 0 saturated carbocycles. The van der Waals surface area contributed by atoms with Crippen LogP contribution in [-0.2, 0) is 17.6 Å². The molecule has 1 heterocycles. The molecule has 0 bridgehead atoms. The molecule has 0 fully saturated rings. The number of hydrogen-bond donors (Lipinski definition) is 1. The van der Waals surface area contributed by atoms with Crippen LogP contribution in [0.25, 0.3) is 0 Å². The Hall–Kier alpha value is -1.85. The number of carbonyl (C=O) groups is 1. The van der Waals surface area contributed by atoms with Crippen LogP contribution in [0.1, 0.15) is 16.7 Å². The van der Waals surface area contributed by atoms with Gasteiger partial charge in [-0.3, -0.25) is 4.79 Å². The SMILES string of the molecule is COc1cc(C)c(CC(N)C(=O)N2CCc3ccccc32)c(Br)c1. The summed E-state index contributed by atoms with van der Waals surface area (Å²) in [6.07, 6.45) is 1.38. The van der Waals surface area contributed by atoms with E-state index in [0.717, 1.165) is 33.5 Å². The molecule has 2 aromatic rings. The lowest BCUT2D eigenvalue weighted by Crippen LogP contribution is -2.44. The van der Waals surface area contributed by atoms with Crippen LogP contribution in [0.2, 0.25) is 0 Å². The van der Waals surface area contributed by atoms with Crippen molar-refractivity contribution in [1.29, 1.82) is 0 Å². The minimum Gasteiger partial charge on any atom is -0.497 e. The molecule has 126 valence electrons. The minimum atomic E-state index is -0.570. The van der Waals surface area contributed by atoms with Gasteiger partial charge in [0.15, 0.2) is 0 Å². The Morgan fingerprint density at radius 2 is 2.12 bits per heavy atom. The van der Waals surface area contributed by atoms with Gasteiger partial charge in [0.2, 0.25) is 5.91 Å². The van der Waals surface area contributed by atoms with Gasteiger partial charge in [0.05, 0.1) is 13.2 Å². The van der Waals surface area contributed by atoms with E-state index >= 15 is 0 Å². The first kappa shape index (κ1) is 17.0. The number of methoxy groups -OCH3 is 1. The number of ether oxygens (including phenoxy) is 1. The number of benzene rings is 2. The Morgan fingerprint density at radius 3 is 2.83 bits per heavy atom. The quantitative estimate of drug-likeness (QED) is 0.874. The molecule has 0 radical (unpaired) electrons. The van der Waals surface area contributed by atoms with Crippen LogP contribution in [0.5, 0.6) is 5.75 Å². The topological polar surface area (TPSA) is 55.6 Å². The predicted molar refractivity (Wildman–Crippen MR) is 99.6 cm³/mol. The lowest BCUT2D eigenvalue weighted by atomic mass is 10.0. The van der Waals surface area contributed by atoms with Gasteiger partial charge in [-0.15, -0.1) is 0 Å². The maximum absolute atomic E-state index is 12.8. The third-order valence-electron chi connectivity index (χ3n) is 4.52. The maximum atomic E-state index is 12.8. The number of aryl methyl sites for hydroxylation is 1. The number of rotatable bonds is 4. The fraction of sp³-hybridized carbons (Fsp3) is 0.316. The summed E-state index contributed by atoms with van der Waals surface area (Å²) in [5, 5.41) is 0. The zero-order chi connectivity index (χ0) is 17.3. The lowest BCUT2D eigenvalue weighted by Gasteiger charge is -2.22. The summed E-state index contributed by atoms with van der Waals surface area (Å²) >= 11 is 3.57. The van der Waals surface area contributed by atoms with Crippen LogP contribution in [0.15, 0.2) is 40.9 Å². The Labute approximate surface area is 150 Å². The average molecular weight is 389 g/mol. The average Bonchev–Trinajstić information content (AvgIpc) is 3.01. The fourth-order valence-electron chi connectivity index (χ4n) is 3.19. The van der Waals surface area contributed by atoms with Gasteiger partial charge in [0.1, 0.15) is 5.75 Å². The van der Waals surface area contributed by atoms with Crippen molar-refractivity contribution in [2.24, 2.45) is 5.73 Å². The number of nitrogens with two attached hydrogens (primary N) is 1. The molecule has 0 spiro atoms. The first-order valence-electron chi connectivity index (χ1n) is 7.99. The molecule has 5 heteroatoms. The molecule has 24 heavy (non-hydrogen) atoms. The minimum absolute atomic E-state index is 0.0259. The van der Waals surface area contributed by atoms with Gasteiger partial charge >= 0.3 is 0 Å².